The third kappa shape index (κ3) is 3.59. The molecule has 7 heteroatoms. The number of alkyl halides is 4. The van der Waals surface area contributed by atoms with Gasteiger partial charge in [-0.05, 0) is 35.4 Å². The summed E-state index contributed by atoms with van der Waals surface area (Å²) in [5.41, 5.74) is -0.271. The largest absolute Gasteiger partial charge is 0.417 e. The van der Waals surface area contributed by atoms with Gasteiger partial charge in [-0.25, -0.2) is 0 Å². The molecule has 0 heterocycles. The molecule has 0 spiro atoms. The van der Waals surface area contributed by atoms with E-state index in [2.05, 4.69) is 0 Å². The van der Waals surface area contributed by atoms with Crippen molar-refractivity contribution >= 4 is 46.4 Å². The van der Waals surface area contributed by atoms with E-state index in [1.165, 1.54) is 24.3 Å². The smallest absolute Gasteiger partial charge is 0.166 e. The molecule has 112 valence electrons. The predicted octanol–water partition coefficient (Wildman–Crippen LogP) is 7.07. The highest BCUT2D eigenvalue weighted by molar-refractivity contribution is 6.45. The van der Waals surface area contributed by atoms with Gasteiger partial charge in [0.15, 0.2) is 0 Å². The highest BCUT2D eigenvalue weighted by atomic mass is 35.5. The van der Waals surface area contributed by atoms with Crippen LogP contribution in [0.3, 0.4) is 0 Å². The van der Waals surface area contributed by atoms with Gasteiger partial charge >= 0.3 is 6.18 Å². The van der Waals surface area contributed by atoms with Crippen molar-refractivity contribution in [1.82, 2.24) is 0 Å². The maximum Gasteiger partial charge on any atom is 0.417 e. The first-order valence-electron chi connectivity index (χ1n) is 5.65. The standard InChI is InChI=1S/C14H7Cl4F3/c15-6-7-1-2-11(14(19,20)21)9(3-7)10-4-8(16)5-12(17)13(10)18/h1-5H,6H2. The van der Waals surface area contributed by atoms with Crippen LogP contribution in [0.15, 0.2) is 30.3 Å². The van der Waals surface area contributed by atoms with Crippen molar-refractivity contribution in [1.29, 1.82) is 0 Å². The molecule has 0 atom stereocenters. The summed E-state index contributed by atoms with van der Waals surface area (Å²) in [5, 5.41) is 0.297. The molecule has 0 fully saturated rings. The quantitative estimate of drug-likeness (QED) is 0.390. The fourth-order valence-corrected chi connectivity index (χ4v) is 2.77. The molecular formula is C14H7Cl4F3. The Labute approximate surface area is 139 Å². The van der Waals surface area contributed by atoms with Crippen LogP contribution >= 0.6 is 46.4 Å². The van der Waals surface area contributed by atoms with Gasteiger partial charge in [0.25, 0.3) is 0 Å². The van der Waals surface area contributed by atoms with E-state index in [-0.39, 0.29) is 32.1 Å². The minimum absolute atomic E-state index is 0.0123. The topological polar surface area (TPSA) is 0 Å². The fourth-order valence-electron chi connectivity index (χ4n) is 1.90. The first-order chi connectivity index (χ1) is 9.74. The maximum absolute atomic E-state index is 13.2. The summed E-state index contributed by atoms with van der Waals surface area (Å²) in [6, 6.07) is 6.34. The lowest BCUT2D eigenvalue weighted by molar-refractivity contribution is -0.137. The second-order valence-electron chi connectivity index (χ2n) is 4.26. The first-order valence-corrected chi connectivity index (χ1v) is 7.32. The van der Waals surface area contributed by atoms with Crippen molar-refractivity contribution in [2.45, 2.75) is 12.1 Å². The molecule has 0 aromatic heterocycles. The lowest BCUT2D eigenvalue weighted by Gasteiger charge is -2.16. The first kappa shape index (κ1) is 16.8. The van der Waals surface area contributed by atoms with Crippen molar-refractivity contribution in [3.63, 3.8) is 0 Å². The minimum Gasteiger partial charge on any atom is -0.166 e. The predicted molar refractivity (Wildman–Crippen MR) is 81.5 cm³/mol. The van der Waals surface area contributed by atoms with E-state index in [1.807, 2.05) is 0 Å². The van der Waals surface area contributed by atoms with Crippen molar-refractivity contribution in [3.05, 3.63) is 56.5 Å². The third-order valence-corrected chi connectivity index (χ3v) is 4.16. The van der Waals surface area contributed by atoms with E-state index >= 15 is 0 Å². The molecule has 0 unspecified atom stereocenters. The van der Waals surface area contributed by atoms with Gasteiger partial charge in [-0.2, -0.15) is 13.2 Å². The summed E-state index contributed by atoms with van der Waals surface area (Å²) in [6.07, 6.45) is -4.53. The molecule has 0 nitrogen and oxygen atoms in total. The number of halogens is 7. The van der Waals surface area contributed by atoms with Crippen LogP contribution in [0.2, 0.25) is 15.1 Å². The Morgan fingerprint density at radius 3 is 2.14 bits per heavy atom. The average molecular weight is 374 g/mol. The van der Waals surface area contributed by atoms with Crippen LogP contribution in [-0.4, -0.2) is 0 Å². The van der Waals surface area contributed by atoms with Gasteiger partial charge in [0.2, 0.25) is 0 Å². The Balaban J connectivity index is 2.78. The Kier molecular flexibility index (Phi) is 4.99. The van der Waals surface area contributed by atoms with Crippen LogP contribution in [0.1, 0.15) is 11.1 Å². The molecule has 0 saturated carbocycles. The van der Waals surface area contributed by atoms with Crippen LogP contribution in [0, 0.1) is 0 Å². The number of hydrogen-bond acceptors (Lipinski definition) is 0. The summed E-state index contributed by atoms with van der Waals surface area (Å²) in [6.45, 7) is 0. The highest BCUT2D eigenvalue weighted by Gasteiger charge is 2.34. The molecular weight excluding hydrogens is 367 g/mol. The van der Waals surface area contributed by atoms with E-state index in [4.69, 9.17) is 46.4 Å². The summed E-state index contributed by atoms with van der Waals surface area (Å²) in [5.74, 6) is 0.0804. The Hall–Kier alpha value is -0.610. The van der Waals surface area contributed by atoms with E-state index in [1.54, 1.807) is 0 Å². The molecule has 0 amide bonds. The second kappa shape index (κ2) is 6.25. The fraction of sp³-hybridized carbons (Fsp3) is 0.143. The second-order valence-corrected chi connectivity index (χ2v) is 5.75. The summed E-state index contributed by atoms with van der Waals surface area (Å²) in [7, 11) is 0. The Morgan fingerprint density at radius 1 is 0.905 bits per heavy atom. The van der Waals surface area contributed by atoms with E-state index in [0.717, 1.165) is 6.07 Å². The molecule has 2 rings (SSSR count). The van der Waals surface area contributed by atoms with Gasteiger partial charge < -0.3 is 0 Å². The average Bonchev–Trinajstić information content (AvgIpc) is 2.41. The summed E-state index contributed by atoms with van der Waals surface area (Å²) >= 11 is 23.5. The van der Waals surface area contributed by atoms with E-state index in [9.17, 15) is 13.2 Å². The third-order valence-electron chi connectivity index (χ3n) is 2.83. The van der Waals surface area contributed by atoms with Crippen molar-refractivity contribution in [2.24, 2.45) is 0 Å². The van der Waals surface area contributed by atoms with Crippen LogP contribution in [0.4, 0.5) is 13.2 Å². The summed E-state index contributed by atoms with van der Waals surface area (Å²) in [4.78, 5) is 0. The molecule has 2 aromatic rings. The van der Waals surface area contributed by atoms with Crippen LogP contribution in [0.25, 0.3) is 11.1 Å². The Morgan fingerprint density at radius 2 is 1.57 bits per heavy atom. The van der Waals surface area contributed by atoms with Gasteiger partial charge in [0.1, 0.15) is 0 Å². The van der Waals surface area contributed by atoms with Crippen LogP contribution < -0.4 is 0 Å². The molecule has 0 aliphatic rings. The van der Waals surface area contributed by atoms with E-state index in [0.29, 0.717) is 5.56 Å². The maximum atomic E-state index is 13.2. The normalized spacial score (nSPS) is 11.8. The van der Waals surface area contributed by atoms with Gasteiger partial charge in [0, 0.05) is 16.5 Å². The van der Waals surface area contributed by atoms with Crippen molar-refractivity contribution in [3.8, 4) is 11.1 Å². The number of rotatable bonds is 2. The van der Waals surface area contributed by atoms with Gasteiger partial charge in [-0.3, -0.25) is 0 Å². The van der Waals surface area contributed by atoms with Gasteiger partial charge in [0.05, 0.1) is 15.6 Å². The molecule has 0 aliphatic carbocycles. The zero-order chi connectivity index (χ0) is 15.8. The van der Waals surface area contributed by atoms with Crippen LogP contribution in [-0.2, 0) is 12.1 Å². The highest BCUT2D eigenvalue weighted by Crippen LogP contribution is 2.43. The number of benzene rings is 2. The lowest BCUT2D eigenvalue weighted by Crippen LogP contribution is -2.07. The monoisotopic (exact) mass is 372 g/mol. The Bertz CT molecular complexity index is 681. The number of hydrogen-bond donors (Lipinski definition) is 0. The lowest BCUT2D eigenvalue weighted by atomic mass is 9.97. The molecule has 0 aliphatic heterocycles. The molecule has 0 bridgehead atoms. The van der Waals surface area contributed by atoms with Gasteiger partial charge in [-0.15, -0.1) is 11.6 Å². The molecule has 0 radical (unpaired) electrons. The molecule has 21 heavy (non-hydrogen) atoms. The van der Waals surface area contributed by atoms with Crippen LogP contribution in [0.5, 0.6) is 0 Å². The van der Waals surface area contributed by atoms with E-state index < -0.39 is 11.7 Å². The molecule has 2 aromatic carbocycles. The molecule has 0 N–H and O–H groups in total. The van der Waals surface area contributed by atoms with Crippen molar-refractivity contribution < 1.29 is 13.2 Å². The zero-order valence-corrected chi connectivity index (χ0v) is 13.3. The van der Waals surface area contributed by atoms with Gasteiger partial charge in [-0.1, -0.05) is 40.9 Å². The minimum atomic E-state index is -4.53. The molecule has 0 saturated heterocycles. The summed E-state index contributed by atoms with van der Waals surface area (Å²) < 4.78 is 39.5. The SMILES string of the molecule is FC(F)(F)c1ccc(CCl)cc1-c1cc(Cl)cc(Cl)c1Cl. The zero-order valence-electron chi connectivity index (χ0n) is 10.2. The van der Waals surface area contributed by atoms with Crippen molar-refractivity contribution in [2.75, 3.05) is 0 Å².